The SMILES string of the molecule is CCCc1noc(CN2CC[C@@H](c3cc(OC)cc(OC)c3)C2)n1. The second-order valence-corrected chi connectivity index (χ2v) is 6.22. The van der Waals surface area contributed by atoms with Crippen molar-refractivity contribution in [1.82, 2.24) is 15.0 Å². The summed E-state index contributed by atoms with van der Waals surface area (Å²) in [4.78, 5) is 6.82. The van der Waals surface area contributed by atoms with E-state index in [4.69, 9.17) is 14.0 Å². The number of nitrogens with zero attached hydrogens (tertiary/aromatic N) is 3. The number of hydrogen-bond donors (Lipinski definition) is 0. The van der Waals surface area contributed by atoms with Crippen LogP contribution in [0.3, 0.4) is 0 Å². The Bertz CT molecular complexity index is 649. The van der Waals surface area contributed by atoms with E-state index in [1.807, 2.05) is 6.07 Å². The van der Waals surface area contributed by atoms with Gasteiger partial charge in [0.1, 0.15) is 11.5 Å². The van der Waals surface area contributed by atoms with E-state index in [1.165, 1.54) is 5.56 Å². The molecule has 0 saturated carbocycles. The molecule has 0 unspecified atom stereocenters. The van der Waals surface area contributed by atoms with E-state index in [0.717, 1.165) is 49.7 Å². The van der Waals surface area contributed by atoms with Crippen molar-refractivity contribution >= 4 is 0 Å². The van der Waals surface area contributed by atoms with Crippen LogP contribution in [0, 0.1) is 0 Å². The monoisotopic (exact) mass is 331 g/mol. The highest BCUT2D eigenvalue weighted by molar-refractivity contribution is 5.40. The number of likely N-dealkylation sites (tertiary alicyclic amines) is 1. The topological polar surface area (TPSA) is 60.6 Å². The summed E-state index contributed by atoms with van der Waals surface area (Å²) >= 11 is 0. The molecule has 6 heteroatoms. The van der Waals surface area contributed by atoms with E-state index in [2.05, 4.69) is 34.1 Å². The lowest BCUT2D eigenvalue weighted by atomic mass is 9.98. The Labute approximate surface area is 142 Å². The summed E-state index contributed by atoms with van der Waals surface area (Å²) in [6.07, 6.45) is 3.00. The molecule has 24 heavy (non-hydrogen) atoms. The van der Waals surface area contributed by atoms with E-state index >= 15 is 0 Å². The first-order valence-electron chi connectivity index (χ1n) is 8.48. The molecule has 1 aromatic heterocycles. The highest BCUT2D eigenvalue weighted by atomic mass is 16.5. The van der Waals surface area contributed by atoms with Gasteiger partial charge in [0.15, 0.2) is 5.82 Å². The molecule has 0 amide bonds. The number of benzene rings is 1. The van der Waals surface area contributed by atoms with Crippen LogP contribution in [-0.4, -0.2) is 42.3 Å². The molecule has 1 fully saturated rings. The van der Waals surface area contributed by atoms with Crippen molar-refractivity contribution in [3.8, 4) is 11.5 Å². The predicted molar refractivity (Wildman–Crippen MR) is 90.5 cm³/mol. The zero-order valence-electron chi connectivity index (χ0n) is 14.6. The fourth-order valence-corrected chi connectivity index (χ4v) is 3.18. The molecule has 0 N–H and O–H groups in total. The van der Waals surface area contributed by atoms with Gasteiger partial charge in [0.2, 0.25) is 5.89 Å². The highest BCUT2D eigenvalue weighted by Gasteiger charge is 2.26. The molecule has 1 atom stereocenters. The van der Waals surface area contributed by atoms with Gasteiger partial charge in [-0.1, -0.05) is 12.1 Å². The van der Waals surface area contributed by atoms with Crippen LogP contribution in [0.5, 0.6) is 11.5 Å². The summed E-state index contributed by atoms with van der Waals surface area (Å²) in [6.45, 7) is 4.83. The minimum Gasteiger partial charge on any atom is -0.497 e. The molecule has 130 valence electrons. The van der Waals surface area contributed by atoms with Crippen molar-refractivity contribution in [2.24, 2.45) is 0 Å². The van der Waals surface area contributed by atoms with E-state index < -0.39 is 0 Å². The van der Waals surface area contributed by atoms with Crippen molar-refractivity contribution in [3.63, 3.8) is 0 Å². The minimum atomic E-state index is 0.465. The van der Waals surface area contributed by atoms with Crippen LogP contribution >= 0.6 is 0 Å². The number of methoxy groups -OCH3 is 2. The average Bonchev–Trinajstić information content (AvgIpc) is 3.25. The van der Waals surface area contributed by atoms with E-state index in [9.17, 15) is 0 Å². The first kappa shape index (κ1) is 16.8. The Balaban J connectivity index is 1.64. The van der Waals surface area contributed by atoms with Crippen LogP contribution in [-0.2, 0) is 13.0 Å². The van der Waals surface area contributed by atoms with Crippen molar-refractivity contribution in [1.29, 1.82) is 0 Å². The first-order valence-corrected chi connectivity index (χ1v) is 8.48. The number of ether oxygens (including phenoxy) is 2. The summed E-state index contributed by atoms with van der Waals surface area (Å²) in [5.41, 5.74) is 1.26. The van der Waals surface area contributed by atoms with Crippen LogP contribution in [0.1, 0.15) is 43.0 Å². The maximum atomic E-state index is 5.38. The largest absolute Gasteiger partial charge is 0.497 e. The lowest BCUT2D eigenvalue weighted by Crippen LogP contribution is -2.20. The van der Waals surface area contributed by atoms with Gasteiger partial charge >= 0.3 is 0 Å². The highest BCUT2D eigenvalue weighted by Crippen LogP contribution is 2.33. The molecule has 0 radical (unpaired) electrons. The summed E-state index contributed by atoms with van der Waals surface area (Å²) < 4.78 is 16.1. The van der Waals surface area contributed by atoms with E-state index in [-0.39, 0.29) is 0 Å². The summed E-state index contributed by atoms with van der Waals surface area (Å²) in [5, 5.41) is 4.02. The van der Waals surface area contributed by atoms with Gasteiger partial charge in [0.05, 0.1) is 20.8 Å². The lowest BCUT2D eigenvalue weighted by molar-refractivity contribution is 0.265. The van der Waals surface area contributed by atoms with Crippen molar-refractivity contribution < 1.29 is 14.0 Å². The molecule has 0 bridgehead atoms. The third-order valence-electron chi connectivity index (χ3n) is 4.46. The number of hydrogen-bond acceptors (Lipinski definition) is 6. The normalized spacial score (nSPS) is 18.0. The Kier molecular flexibility index (Phi) is 5.35. The molecule has 0 spiro atoms. The van der Waals surface area contributed by atoms with Crippen LogP contribution in [0.4, 0.5) is 0 Å². The molecular weight excluding hydrogens is 306 g/mol. The van der Waals surface area contributed by atoms with E-state index in [1.54, 1.807) is 14.2 Å². The Morgan fingerprint density at radius 3 is 2.62 bits per heavy atom. The quantitative estimate of drug-likeness (QED) is 0.777. The van der Waals surface area contributed by atoms with Gasteiger partial charge in [-0.15, -0.1) is 0 Å². The van der Waals surface area contributed by atoms with Gasteiger partial charge < -0.3 is 14.0 Å². The fraction of sp³-hybridized carbons (Fsp3) is 0.556. The fourth-order valence-electron chi connectivity index (χ4n) is 3.18. The van der Waals surface area contributed by atoms with Gasteiger partial charge in [0, 0.05) is 19.0 Å². The molecule has 1 aliphatic rings. The zero-order valence-corrected chi connectivity index (χ0v) is 14.6. The Morgan fingerprint density at radius 2 is 1.96 bits per heavy atom. The average molecular weight is 331 g/mol. The molecule has 1 saturated heterocycles. The summed E-state index contributed by atoms with van der Waals surface area (Å²) in [7, 11) is 3.37. The molecule has 6 nitrogen and oxygen atoms in total. The predicted octanol–water partition coefficient (Wildman–Crippen LogP) is 3.03. The molecule has 0 aliphatic carbocycles. The molecule has 1 aromatic carbocycles. The smallest absolute Gasteiger partial charge is 0.240 e. The van der Waals surface area contributed by atoms with Crippen LogP contribution in [0.15, 0.2) is 22.7 Å². The summed E-state index contributed by atoms with van der Waals surface area (Å²) in [6, 6.07) is 6.11. The molecular formula is C18H25N3O3. The zero-order chi connectivity index (χ0) is 16.9. The second-order valence-electron chi connectivity index (χ2n) is 6.22. The molecule has 2 aromatic rings. The van der Waals surface area contributed by atoms with Crippen LogP contribution < -0.4 is 9.47 Å². The third-order valence-corrected chi connectivity index (χ3v) is 4.46. The Hall–Kier alpha value is -2.08. The van der Waals surface area contributed by atoms with Crippen molar-refractivity contribution in [2.75, 3.05) is 27.3 Å². The third kappa shape index (κ3) is 3.87. The maximum Gasteiger partial charge on any atom is 0.240 e. The minimum absolute atomic E-state index is 0.465. The first-order chi connectivity index (χ1) is 11.7. The van der Waals surface area contributed by atoms with Gasteiger partial charge in [-0.2, -0.15) is 4.98 Å². The van der Waals surface area contributed by atoms with Crippen LogP contribution in [0.25, 0.3) is 0 Å². The Morgan fingerprint density at radius 1 is 1.21 bits per heavy atom. The maximum absolute atomic E-state index is 5.38. The second kappa shape index (κ2) is 7.66. The summed E-state index contributed by atoms with van der Waals surface area (Å²) in [5.74, 6) is 3.66. The molecule has 3 rings (SSSR count). The standard InChI is InChI=1S/C18H25N3O3/c1-4-5-17-19-18(24-20-17)12-21-7-6-13(11-21)14-8-15(22-2)10-16(9-14)23-3/h8-10,13H,4-7,11-12H2,1-3H3/t13-/m1/s1. The van der Waals surface area contributed by atoms with Crippen LogP contribution in [0.2, 0.25) is 0 Å². The molecule has 2 heterocycles. The van der Waals surface area contributed by atoms with Gasteiger partial charge in [0.25, 0.3) is 0 Å². The lowest BCUT2D eigenvalue weighted by Gasteiger charge is -2.15. The van der Waals surface area contributed by atoms with E-state index in [0.29, 0.717) is 18.4 Å². The number of aryl methyl sites for hydroxylation is 1. The van der Waals surface area contributed by atoms with Crippen molar-refractivity contribution in [3.05, 3.63) is 35.5 Å². The molecule has 1 aliphatic heterocycles. The van der Waals surface area contributed by atoms with Crippen molar-refractivity contribution in [2.45, 2.75) is 38.6 Å². The number of aromatic nitrogens is 2. The van der Waals surface area contributed by atoms with Gasteiger partial charge in [-0.25, -0.2) is 0 Å². The van der Waals surface area contributed by atoms with Gasteiger partial charge in [-0.05, 0) is 43.0 Å². The number of rotatable bonds is 7. The van der Waals surface area contributed by atoms with Gasteiger partial charge in [-0.3, -0.25) is 4.90 Å².